The van der Waals surface area contributed by atoms with E-state index in [0.717, 1.165) is 63.6 Å². The number of allylic oxidation sites excluding steroid dienone is 12. The molecule has 0 radical (unpaired) electrons. The Morgan fingerprint density at radius 2 is 1.36 bits per heavy atom. The molecule has 5 nitrogen and oxygen atoms in total. The van der Waals surface area contributed by atoms with Crippen LogP contribution in [-0.2, 0) is 11.2 Å². The van der Waals surface area contributed by atoms with Gasteiger partial charge >= 0.3 is 0 Å². The lowest BCUT2D eigenvalue weighted by Crippen LogP contribution is -2.25. The van der Waals surface area contributed by atoms with Crippen LogP contribution in [0.25, 0.3) is 0 Å². The number of carbonyl (C=O) groups is 2. The zero-order chi connectivity index (χ0) is 29.9. The van der Waals surface area contributed by atoms with Gasteiger partial charge in [-0.1, -0.05) is 79.8 Å². The number of nitrogens with one attached hydrogen (secondary N) is 1. The molecule has 42 heavy (non-hydrogen) atoms. The van der Waals surface area contributed by atoms with Gasteiger partial charge in [-0.05, 0) is 89.4 Å². The van der Waals surface area contributed by atoms with E-state index in [4.69, 9.17) is 0 Å². The van der Waals surface area contributed by atoms with Gasteiger partial charge in [0.15, 0.2) is 0 Å². The highest BCUT2D eigenvalue weighted by atomic mass is 16.1. The summed E-state index contributed by atoms with van der Waals surface area (Å²) in [6, 6.07) is 3.79. The van der Waals surface area contributed by atoms with E-state index in [1.54, 1.807) is 6.20 Å². The molecule has 1 aliphatic heterocycles. The average molecular weight is 572 g/mol. The van der Waals surface area contributed by atoms with Crippen molar-refractivity contribution in [3.63, 3.8) is 0 Å². The number of hydrogen-bond acceptors (Lipinski definition) is 4. The summed E-state index contributed by atoms with van der Waals surface area (Å²) >= 11 is 0. The monoisotopic (exact) mass is 571 g/mol. The standard InChI is InChI=1S/C37H53N3O2/c1-2-3-4-5-6-7-8-9-10-11-12-13-14-15-16-17-18-19-20-24-36(41)25-23-29-38-37(42)34-26-27-35(39-33-34)28-32-40-30-21-22-31-40/h3-4,6-7,9-10,12-13,15-16,18-19,26-27,33H,2,5,8,11,14,17,20-25,28-32H2,1H3,(H,38,42)/b4-3-,7-6-,10-9-,13-12-,16-15-,19-18-. The van der Waals surface area contributed by atoms with Crippen molar-refractivity contribution in [2.24, 2.45) is 0 Å². The summed E-state index contributed by atoms with van der Waals surface area (Å²) in [7, 11) is 0. The molecule has 5 heteroatoms. The van der Waals surface area contributed by atoms with Crippen LogP contribution in [0.15, 0.2) is 91.2 Å². The Labute approximate surface area is 255 Å². The summed E-state index contributed by atoms with van der Waals surface area (Å²) in [5.41, 5.74) is 1.60. The fourth-order valence-corrected chi connectivity index (χ4v) is 4.58. The molecule has 0 spiro atoms. The molecule has 0 saturated carbocycles. The average Bonchev–Trinajstić information content (AvgIpc) is 3.53. The summed E-state index contributed by atoms with van der Waals surface area (Å²) in [4.78, 5) is 31.4. The molecule has 1 aliphatic rings. The minimum Gasteiger partial charge on any atom is -0.352 e. The predicted molar refractivity (Wildman–Crippen MR) is 178 cm³/mol. The summed E-state index contributed by atoms with van der Waals surface area (Å²) < 4.78 is 0. The van der Waals surface area contributed by atoms with Gasteiger partial charge in [0.05, 0.1) is 5.56 Å². The molecule has 228 valence electrons. The number of ketones is 1. The third-order valence-corrected chi connectivity index (χ3v) is 7.07. The van der Waals surface area contributed by atoms with E-state index in [9.17, 15) is 9.59 Å². The first-order valence-corrected chi connectivity index (χ1v) is 16.1. The van der Waals surface area contributed by atoms with Crippen LogP contribution in [0.5, 0.6) is 0 Å². The maximum atomic E-state index is 12.4. The minimum absolute atomic E-state index is 0.126. The Morgan fingerprint density at radius 3 is 1.90 bits per heavy atom. The van der Waals surface area contributed by atoms with Crippen molar-refractivity contribution in [3.05, 3.63) is 102 Å². The largest absolute Gasteiger partial charge is 0.352 e. The zero-order valence-electron chi connectivity index (χ0n) is 25.9. The highest BCUT2D eigenvalue weighted by Crippen LogP contribution is 2.09. The third kappa shape index (κ3) is 18.2. The van der Waals surface area contributed by atoms with Crippen LogP contribution in [0.4, 0.5) is 0 Å². The molecule has 0 aliphatic carbocycles. The number of amides is 1. The maximum Gasteiger partial charge on any atom is 0.252 e. The van der Waals surface area contributed by atoms with E-state index < -0.39 is 0 Å². The van der Waals surface area contributed by atoms with E-state index in [1.165, 1.54) is 25.9 Å². The predicted octanol–water partition coefficient (Wildman–Crippen LogP) is 8.28. The molecule has 1 aromatic rings. The second-order valence-corrected chi connectivity index (χ2v) is 10.7. The Balaban J connectivity index is 1.42. The molecular weight excluding hydrogens is 518 g/mol. The second-order valence-electron chi connectivity index (χ2n) is 10.7. The normalized spacial score (nSPS) is 14.7. The van der Waals surface area contributed by atoms with Crippen LogP contribution in [-0.4, -0.2) is 47.8 Å². The molecule has 0 bridgehead atoms. The number of likely N-dealkylation sites (tertiary alicyclic amines) is 1. The molecule has 2 heterocycles. The van der Waals surface area contributed by atoms with Gasteiger partial charge in [0.25, 0.3) is 5.91 Å². The number of nitrogens with zero attached hydrogens (tertiary/aromatic N) is 2. The third-order valence-electron chi connectivity index (χ3n) is 7.07. The van der Waals surface area contributed by atoms with E-state index in [-0.39, 0.29) is 11.7 Å². The first-order valence-electron chi connectivity index (χ1n) is 16.1. The molecule has 1 aromatic heterocycles. The van der Waals surface area contributed by atoms with Crippen LogP contribution in [0.3, 0.4) is 0 Å². The molecule has 1 amide bonds. The van der Waals surface area contributed by atoms with E-state index >= 15 is 0 Å². The fourth-order valence-electron chi connectivity index (χ4n) is 4.58. The number of hydrogen-bond donors (Lipinski definition) is 1. The van der Waals surface area contributed by atoms with Crippen LogP contribution < -0.4 is 5.32 Å². The van der Waals surface area contributed by atoms with E-state index in [1.807, 2.05) is 12.1 Å². The molecule has 0 atom stereocenters. The number of carbonyl (C=O) groups excluding carboxylic acids is 2. The minimum atomic E-state index is -0.126. The Hall–Kier alpha value is -3.31. The molecule has 1 fully saturated rings. The number of aromatic nitrogens is 1. The highest BCUT2D eigenvalue weighted by molar-refractivity contribution is 5.93. The Morgan fingerprint density at radius 1 is 0.786 bits per heavy atom. The van der Waals surface area contributed by atoms with Crippen molar-refractivity contribution in [1.82, 2.24) is 15.2 Å². The van der Waals surface area contributed by atoms with Crippen molar-refractivity contribution >= 4 is 11.7 Å². The Kier molecular flexibility index (Phi) is 20.2. The van der Waals surface area contributed by atoms with Crippen LogP contribution in [0.2, 0.25) is 0 Å². The number of Topliss-reactive ketones (excluding diaryl/α,β-unsaturated/α-hetero) is 1. The molecule has 1 N–H and O–H groups in total. The number of pyridine rings is 1. The first kappa shape index (κ1) is 34.9. The lowest BCUT2D eigenvalue weighted by atomic mass is 10.1. The van der Waals surface area contributed by atoms with Crippen molar-refractivity contribution in [1.29, 1.82) is 0 Å². The van der Waals surface area contributed by atoms with E-state index in [0.29, 0.717) is 31.4 Å². The van der Waals surface area contributed by atoms with E-state index in [2.05, 4.69) is 95.0 Å². The highest BCUT2D eigenvalue weighted by Gasteiger charge is 2.12. The molecule has 0 unspecified atom stereocenters. The van der Waals surface area contributed by atoms with Gasteiger partial charge in [0.1, 0.15) is 5.78 Å². The van der Waals surface area contributed by atoms with Gasteiger partial charge in [0.2, 0.25) is 0 Å². The molecule has 1 saturated heterocycles. The topological polar surface area (TPSA) is 62.3 Å². The lowest BCUT2D eigenvalue weighted by Gasteiger charge is -2.13. The van der Waals surface area contributed by atoms with Gasteiger partial charge in [-0.15, -0.1) is 0 Å². The van der Waals surface area contributed by atoms with Crippen molar-refractivity contribution in [2.75, 3.05) is 26.2 Å². The van der Waals surface area contributed by atoms with Crippen LogP contribution in [0, 0.1) is 0 Å². The van der Waals surface area contributed by atoms with Crippen molar-refractivity contribution in [2.45, 2.75) is 90.4 Å². The lowest BCUT2D eigenvalue weighted by molar-refractivity contribution is -0.119. The maximum absolute atomic E-state index is 12.4. The van der Waals surface area contributed by atoms with Gasteiger partial charge in [0, 0.05) is 44.2 Å². The van der Waals surface area contributed by atoms with Gasteiger partial charge < -0.3 is 10.2 Å². The second kappa shape index (κ2) is 24.3. The van der Waals surface area contributed by atoms with Gasteiger partial charge in [-0.2, -0.15) is 0 Å². The van der Waals surface area contributed by atoms with Crippen molar-refractivity contribution < 1.29 is 9.59 Å². The number of rotatable bonds is 22. The first-order chi connectivity index (χ1) is 20.7. The molecule has 2 rings (SSSR count). The Bertz CT molecular complexity index is 1040. The van der Waals surface area contributed by atoms with Gasteiger partial charge in [-0.25, -0.2) is 0 Å². The quantitative estimate of drug-likeness (QED) is 0.112. The summed E-state index contributed by atoms with van der Waals surface area (Å²) in [6.45, 7) is 6.06. The molecule has 0 aromatic carbocycles. The van der Waals surface area contributed by atoms with Crippen LogP contribution >= 0.6 is 0 Å². The van der Waals surface area contributed by atoms with Crippen LogP contribution in [0.1, 0.15) is 100 Å². The van der Waals surface area contributed by atoms with Crippen molar-refractivity contribution in [3.8, 4) is 0 Å². The summed E-state index contributed by atoms with van der Waals surface area (Å²) in [5, 5.41) is 2.91. The van der Waals surface area contributed by atoms with Gasteiger partial charge in [-0.3, -0.25) is 14.6 Å². The molecular formula is C37H53N3O2. The zero-order valence-corrected chi connectivity index (χ0v) is 25.9. The SMILES string of the molecule is CC/C=C\C/C=C\C/C=C\C/C=C\C/C=C\C/C=C\CCC(=O)CCCNC(=O)c1ccc(CCN2CCCC2)nc1. The summed E-state index contributed by atoms with van der Waals surface area (Å²) in [6.07, 6.45) is 39.8. The summed E-state index contributed by atoms with van der Waals surface area (Å²) in [5.74, 6) is 0.117. The smallest absolute Gasteiger partial charge is 0.252 e. The fraction of sp³-hybridized carbons (Fsp3) is 0.486.